The summed E-state index contributed by atoms with van der Waals surface area (Å²) in [6.45, 7) is 4.07. The van der Waals surface area contributed by atoms with Crippen LogP contribution in [-0.2, 0) is 11.0 Å². The van der Waals surface area contributed by atoms with Crippen molar-refractivity contribution < 1.29 is 18.0 Å². The fraction of sp³-hybridized carbons (Fsp3) is 0.500. The number of carbonyl (C=O) groups excluding carboxylic acids is 1. The maximum atomic E-state index is 12.7. The van der Waals surface area contributed by atoms with Gasteiger partial charge in [-0.2, -0.15) is 13.2 Å². The van der Waals surface area contributed by atoms with E-state index in [4.69, 9.17) is 5.73 Å². The summed E-state index contributed by atoms with van der Waals surface area (Å²) >= 11 is 0. The predicted molar refractivity (Wildman–Crippen MR) is 73.9 cm³/mol. The van der Waals surface area contributed by atoms with Crippen LogP contribution in [0.4, 0.5) is 18.9 Å². The molecule has 0 radical (unpaired) electrons. The van der Waals surface area contributed by atoms with E-state index in [1.165, 1.54) is 6.07 Å². The minimum Gasteiger partial charge on any atom is -0.369 e. The summed E-state index contributed by atoms with van der Waals surface area (Å²) in [6, 6.07) is 4.95. The van der Waals surface area contributed by atoms with Crippen molar-refractivity contribution in [2.24, 2.45) is 5.73 Å². The number of benzene rings is 1. The van der Waals surface area contributed by atoms with E-state index in [1.807, 2.05) is 9.80 Å². The summed E-state index contributed by atoms with van der Waals surface area (Å²) in [4.78, 5) is 15.0. The highest BCUT2D eigenvalue weighted by Crippen LogP contribution is 2.31. The molecule has 0 saturated carbocycles. The maximum absolute atomic E-state index is 12.7. The molecule has 0 spiro atoms. The third-order valence-corrected chi connectivity index (χ3v) is 3.81. The molecule has 7 heteroatoms. The molecule has 1 aromatic carbocycles. The van der Waals surface area contributed by atoms with Gasteiger partial charge in [0.15, 0.2) is 0 Å². The second-order valence-electron chi connectivity index (χ2n) is 5.15. The first-order valence-electron chi connectivity index (χ1n) is 6.74. The Morgan fingerprint density at radius 1 is 1.24 bits per heavy atom. The van der Waals surface area contributed by atoms with Gasteiger partial charge in [0.05, 0.1) is 11.6 Å². The van der Waals surface area contributed by atoms with E-state index in [2.05, 4.69) is 0 Å². The first-order chi connectivity index (χ1) is 9.79. The van der Waals surface area contributed by atoms with Crippen molar-refractivity contribution in [1.82, 2.24) is 4.90 Å². The number of carbonyl (C=O) groups is 1. The predicted octanol–water partition coefficient (Wildman–Crippen LogP) is 1.70. The van der Waals surface area contributed by atoms with Crippen molar-refractivity contribution in [1.29, 1.82) is 0 Å². The van der Waals surface area contributed by atoms with E-state index in [0.29, 0.717) is 31.9 Å². The normalized spacial score (nSPS) is 18.6. The van der Waals surface area contributed by atoms with Crippen LogP contribution in [-0.4, -0.2) is 43.0 Å². The topological polar surface area (TPSA) is 49.6 Å². The molecule has 1 aliphatic heterocycles. The SMILES string of the molecule is CC(C(N)=O)N1CCN(c2cccc(C(F)(F)F)c2)CC1. The molecule has 1 aromatic rings. The first-order valence-corrected chi connectivity index (χ1v) is 6.74. The van der Waals surface area contributed by atoms with E-state index in [9.17, 15) is 18.0 Å². The lowest BCUT2D eigenvalue weighted by atomic mass is 10.1. The molecule has 0 aromatic heterocycles. The molecule has 1 aliphatic rings. The Morgan fingerprint density at radius 3 is 2.38 bits per heavy atom. The van der Waals surface area contributed by atoms with E-state index >= 15 is 0 Å². The van der Waals surface area contributed by atoms with Crippen molar-refractivity contribution >= 4 is 11.6 Å². The summed E-state index contributed by atoms with van der Waals surface area (Å²) in [5, 5.41) is 0. The Kier molecular flexibility index (Phi) is 4.41. The average molecular weight is 301 g/mol. The zero-order valence-corrected chi connectivity index (χ0v) is 11.7. The van der Waals surface area contributed by atoms with Crippen LogP contribution in [0.15, 0.2) is 24.3 Å². The molecule has 21 heavy (non-hydrogen) atoms. The summed E-state index contributed by atoms with van der Waals surface area (Å²) in [6.07, 6.45) is -4.34. The fourth-order valence-electron chi connectivity index (χ4n) is 2.43. The minimum atomic E-state index is -4.34. The lowest BCUT2D eigenvalue weighted by Crippen LogP contribution is -2.53. The summed E-state index contributed by atoms with van der Waals surface area (Å²) in [7, 11) is 0. The number of alkyl halides is 3. The van der Waals surface area contributed by atoms with Gasteiger partial charge in [-0.25, -0.2) is 0 Å². The van der Waals surface area contributed by atoms with Crippen molar-refractivity contribution in [2.75, 3.05) is 31.1 Å². The van der Waals surface area contributed by atoms with Crippen molar-refractivity contribution in [2.45, 2.75) is 19.1 Å². The quantitative estimate of drug-likeness (QED) is 0.924. The van der Waals surface area contributed by atoms with Crippen molar-refractivity contribution in [3.63, 3.8) is 0 Å². The van der Waals surface area contributed by atoms with Gasteiger partial charge in [-0.3, -0.25) is 9.69 Å². The third-order valence-electron chi connectivity index (χ3n) is 3.81. The minimum absolute atomic E-state index is 0.353. The molecule has 4 nitrogen and oxygen atoms in total. The molecular weight excluding hydrogens is 283 g/mol. The maximum Gasteiger partial charge on any atom is 0.416 e. The van der Waals surface area contributed by atoms with Crippen LogP contribution < -0.4 is 10.6 Å². The number of nitrogens with zero attached hydrogens (tertiary/aromatic N) is 2. The van der Waals surface area contributed by atoms with Gasteiger partial charge in [0.25, 0.3) is 0 Å². The number of rotatable bonds is 3. The highest BCUT2D eigenvalue weighted by Gasteiger charge is 2.31. The van der Waals surface area contributed by atoms with Crippen LogP contribution in [0.25, 0.3) is 0 Å². The van der Waals surface area contributed by atoms with Crippen LogP contribution in [0.1, 0.15) is 12.5 Å². The standard InChI is InChI=1S/C14H18F3N3O/c1-10(13(18)21)19-5-7-20(8-6-19)12-4-2-3-11(9-12)14(15,16)17/h2-4,9-10H,5-8H2,1H3,(H2,18,21). The molecular formula is C14H18F3N3O. The zero-order chi connectivity index (χ0) is 15.6. The number of piperazine rings is 1. The number of halogens is 3. The molecule has 1 unspecified atom stereocenters. The number of nitrogens with two attached hydrogens (primary N) is 1. The van der Waals surface area contributed by atoms with Gasteiger partial charge in [0.1, 0.15) is 0 Å². The summed E-state index contributed by atoms with van der Waals surface area (Å²) < 4.78 is 38.1. The van der Waals surface area contributed by atoms with Gasteiger partial charge in [0, 0.05) is 31.9 Å². The molecule has 1 saturated heterocycles. The van der Waals surface area contributed by atoms with E-state index < -0.39 is 11.7 Å². The second-order valence-corrected chi connectivity index (χ2v) is 5.15. The highest BCUT2D eigenvalue weighted by molar-refractivity contribution is 5.79. The van der Waals surface area contributed by atoms with Gasteiger partial charge in [-0.1, -0.05) is 6.07 Å². The average Bonchev–Trinajstić information content (AvgIpc) is 2.46. The Balaban J connectivity index is 2.04. The second kappa shape index (κ2) is 5.93. The molecule has 2 N–H and O–H groups in total. The lowest BCUT2D eigenvalue weighted by Gasteiger charge is -2.38. The fourth-order valence-corrected chi connectivity index (χ4v) is 2.43. The van der Waals surface area contributed by atoms with Crippen molar-refractivity contribution in [3.8, 4) is 0 Å². The monoisotopic (exact) mass is 301 g/mol. The van der Waals surface area contributed by atoms with Gasteiger partial charge in [-0.15, -0.1) is 0 Å². The summed E-state index contributed by atoms with van der Waals surface area (Å²) in [5.41, 5.74) is 5.17. The van der Waals surface area contributed by atoms with Gasteiger partial charge in [-0.05, 0) is 25.1 Å². The number of amides is 1. The number of hydrogen-bond acceptors (Lipinski definition) is 3. The Morgan fingerprint density at radius 2 is 1.86 bits per heavy atom. The van der Waals surface area contributed by atoms with E-state index in [0.717, 1.165) is 12.1 Å². The van der Waals surface area contributed by atoms with Crippen LogP contribution in [0.5, 0.6) is 0 Å². The van der Waals surface area contributed by atoms with Crippen LogP contribution in [0.3, 0.4) is 0 Å². The Hall–Kier alpha value is -1.76. The Bertz CT molecular complexity index is 510. The lowest BCUT2D eigenvalue weighted by molar-refractivity contribution is -0.137. The van der Waals surface area contributed by atoms with Gasteiger partial charge in [0.2, 0.25) is 5.91 Å². The summed E-state index contributed by atoms with van der Waals surface area (Å²) in [5.74, 6) is -0.387. The van der Waals surface area contributed by atoms with E-state index in [-0.39, 0.29) is 11.9 Å². The number of hydrogen-bond donors (Lipinski definition) is 1. The van der Waals surface area contributed by atoms with Crippen molar-refractivity contribution in [3.05, 3.63) is 29.8 Å². The van der Waals surface area contributed by atoms with Crippen LogP contribution in [0.2, 0.25) is 0 Å². The number of anilines is 1. The third kappa shape index (κ3) is 3.66. The molecule has 116 valence electrons. The van der Waals surface area contributed by atoms with Crippen LogP contribution in [0, 0.1) is 0 Å². The molecule has 0 aliphatic carbocycles. The number of primary amides is 1. The van der Waals surface area contributed by atoms with Gasteiger partial charge >= 0.3 is 6.18 Å². The molecule has 1 fully saturated rings. The molecule has 1 atom stereocenters. The molecule has 0 bridgehead atoms. The highest BCUT2D eigenvalue weighted by atomic mass is 19.4. The largest absolute Gasteiger partial charge is 0.416 e. The smallest absolute Gasteiger partial charge is 0.369 e. The molecule has 1 heterocycles. The molecule has 2 rings (SSSR count). The first kappa shape index (κ1) is 15.6. The Labute approximate surface area is 121 Å². The van der Waals surface area contributed by atoms with Gasteiger partial charge < -0.3 is 10.6 Å². The van der Waals surface area contributed by atoms with Crippen LogP contribution >= 0.6 is 0 Å². The van der Waals surface area contributed by atoms with E-state index in [1.54, 1.807) is 13.0 Å². The zero-order valence-electron chi connectivity index (χ0n) is 11.7. The molecule has 1 amide bonds.